The lowest BCUT2D eigenvalue weighted by Gasteiger charge is -2.04. The van der Waals surface area contributed by atoms with Gasteiger partial charge < -0.3 is 4.74 Å². The van der Waals surface area contributed by atoms with Crippen LogP contribution in [0.2, 0.25) is 0 Å². The minimum Gasteiger partial charge on any atom is -0.497 e. The van der Waals surface area contributed by atoms with E-state index in [1.165, 1.54) is 31.4 Å². The molecule has 0 saturated heterocycles. The molecule has 0 unspecified atom stereocenters. The third-order valence-corrected chi connectivity index (χ3v) is 4.28. The predicted molar refractivity (Wildman–Crippen MR) is 89.2 cm³/mol. The van der Waals surface area contributed by atoms with Crippen LogP contribution in [-0.4, -0.2) is 21.2 Å². The minimum atomic E-state index is -4.17. The van der Waals surface area contributed by atoms with Gasteiger partial charge in [-0.1, -0.05) is 23.4 Å². The summed E-state index contributed by atoms with van der Waals surface area (Å²) in [6, 6.07) is 15.9. The molecule has 126 valence electrons. The normalized spacial score (nSPS) is 11.2. The number of methoxy groups -OCH3 is 1. The van der Waals surface area contributed by atoms with Gasteiger partial charge in [-0.15, -0.1) is 0 Å². The van der Waals surface area contributed by atoms with Crippen molar-refractivity contribution in [3.8, 4) is 17.9 Å². The molecule has 0 aliphatic heterocycles. The predicted octanol–water partition coefficient (Wildman–Crippen LogP) is 2.39. The van der Waals surface area contributed by atoms with Gasteiger partial charge in [0.1, 0.15) is 16.7 Å². The quantitative estimate of drug-likeness (QED) is 0.581. The lowest BCUT2D eigenvalue weighted by Crippen LogP contribution is -2.06. The van der Waals surface area contributed by atoms with Gasteiger partial charge in [0.15, 0.2) is 5.71 Å². The van der Waals surface area contributed by atoms with Gasteiger partial charge >= 0.3 is 10.1 Å². The fourth-order valence-corrected chi connectivity index (χ4v) is 2.66. The van der Waals surface area contributed by atoms with Crippen molar-refractivity contribution >= 4 is 15.8 Å². The smallest absolute Gasteiger partial charge is 0.358 e. The molecule has 0 atom stereocenters. The van der Waals surface area contributed by atoms with Crippen LogP contribution in [0.25, 0.3) is 0 Å². The molecule has 0 heterocycles. The van der Waals surface area contributed by atoms with Crippen LogP contribution in [0, 0.1) is 22.7 Å². The molecule has 0 spiro atoms. The van der Waals surface area contributed by atoms with Gasteiger partial charge in [-0.05, 0) is 35.9 Å². The summed E-state index contributed by atoms with van der Waals surface area (Å²) in [5.74, 6) is 0.495. The molecule has 0 saturated carbocycles. The molecule has 0 fully saturated rings. The monoisotopic (exact) mass is 355 g/mol. The van der Waals surface area contributed by atoms with Gasteiger partial charge in [-0.2, -0.15) is 18.9 Å². The van der Waals surface area contributed by atoms with Crippen LogP contribution < -0.4 is 4.74 Å². The third-order valence-electron chi connectivity index (χ3n) is 3.16. The lowest BCUT2D eigenvalue weighted by atomic mass is 10.1. The Labute approximate surface area is 145 Å². The van der Waals surface area contributed by atoms with E-state index in [9.17, 15) is 13.7 Å². The van der Waals surface area contributed by atoms with Crippen molar-refractivity contribution in [1.82, 2.24) is 0 Å². The Bertz CT molecular complexity index is 968. The van der Waals surface area contributed by atoms with Crippen LogP contribution >= 0.6 is 0 Å². The van der Waals surface area contributed by atoms with E-state index in [0.29, 0.717) is 16.9 Å². The highest BCUT2D eigenvalue weighted by atomic mass is 32.2. The van der Waals surface area contributed by atoms with Gasteiger partial charge in [0, 0.05) is 5.56 Å². The highest BCUT2D eigenvalue weighted by Crippen LogP contribution is 2.18. The molecule has 2 aromatic rings. The van der Waals surface area contributed by atoms with Gasteiger partial charge in [0.2, 0.25) is 0 Å². The van der Waals surface area contributed by atoms with Crippen molar-refractivity contribution in [2.24, 2.45) is 5.16 Å². The van der Waals surface area contributed by atoms with E-state index >= 15 is 0 Å². The molecule has 7 nitrogen and oxygen atoms in total. The zero-order chi connectivity index (χ0) is 18.3. The van der Waals surface area contributed by atoms with Crippen molar-refractivity contribution in [2.45, 2.75) is 11.3 Å². The summed E-state index contributed by atoms with van der Waals surface area (Å²) < 4.78 is 33.8. The number of nitrogens with zero attached hydrogens (tertiary/aromatic N) is 3. The number of hydrogen-bond acceptors (Lipinski definition) is 7. The highest BCUT2D eigenvalue weighted by molar-refractivity contribution is 7.86. The molecule has 0 aromatic heterocycles. The van der Waals surface area contributed by atoms with Crippen LogP contribution in [0.15, 0.2) is 58.6 Å². The lowest BCUT2D eigenvalue weighted by molar-refractivity contribution is 0.339. The fourth-order valence-electron chi connectivity index (χ4n) is 1.93. The summed E-state index contributed by atoms with van der Waals surface area (Å²) in [4.78, 5) is -0.118. The van der Waals surface area contributed by atoms with E-state index in [4.69, 9.17) is 10.00 Å². The highest BCUT2D eigenvalue weighted by Gasteiger charge is 2.17. The van der Waals surface area contributed by atoms with Crippen molar-refractivity contribution in [2.75, 3.05) is 7.11 Å². The summed E-state index contributed by atoms with van der Waals surface area (Å²) in [6.45, 7) is 0. The molecule has 0 radical (unpaired) electrons. The van der Waals surface area contributed by atoms with Gasteiger partial charge in [0.05, 0.1) is 19.6 Å². The fraction of sp³-hybridized carbons (Fsp3) is 0.118. The molecule has 0 amide bonds. The first-order valence-electron chi connectivity index (χ1n) is 7.02. The van der Waals surface area contributed by atoms with Crippen molar-refractivity contribution < 1.29 is 17.4 Å². The number of rotatable bonds is 6. The van der Waals surface area contributed by atoms with Crippen molar-refractivity contribution in [3.63, 3.8) is 0 Å². The van der Waals surface area contributed by atoms with E-state index in [1.807, 2.05) is 6.07 Å². The number of ether oxygens (including phenoxy) is 1. The van der Waals surface area contributed by atoms with Gasteiger partial charge in [-0.25, -0.2) is 0 Å². The molecule has 0 N–H and O–H groups in total. The third kappa shape index (κ3) is 4.56. The Kier molecular flexibility index (Phi) is 5.72. The second kappa shape index (κ2) is 7.95. The summed E-state index contributed by atoms with van der Waals surface area (Å²) in [5.41, 5.74) is 0.831. The van der Waals surface area contributed by atoms with E-state index in [1.54, 1.807) is 30.3 Å². The first-order valence-corrected chi connectivity index (χ1v) is 8.43. The molecular formula is C17H13N3O4S. The zero-order valence-corrected chi connectivity index (χ0v) is 14.0. The van der Waals surface area contributed by atoms with Crippen molar-refractivity contribution in [3.05, 3.63) is 59.7 Å². The first kappa shape index (κ1) is 18.0. The standard InChI is InChI=1S/C17H13N3O4S/c1-23-15-5-7-16(8-6-15)25(21,22)24-20-17(12-19)14-4-2-3-13(11-14)9-10-18/h2-8,11H,9H2,1H3. The number of hydrogen-bond donors (Lipinski definition) is 0. The van der Waals surface area contributed by atoms with Crippen LogP contribution in [0.5, 0.6) is 5.75 Å². The Balaban J connectivity index is 2.26. The first-order chi connectivity index (χ1) is 12.0. The Morgan fingerprint density at radius 3 is 2.48 bits per heavy atom. The van der Waals surface area contributed by atoms with Gasteiger partial charge in [0.25, 0.3) is 0 Å². The number of oxime groups is 1. The SMILES string of the molecule is COc1ccc(S(=O)(=O)ON=C(C#N)c2cccc(CC#N)c2)cc1. The molecule has 8 heteroatoms. The molecule has 0 aliphatic rings. The van der Waals surface area contributed by atoms with Crippen LogP contribution in [0.3, 0.4) is 0 Å². The van der Waals surface area contributed by atoms with Crippen molar-refractivity contribution in [1.29, 1.82) is 10.5 Å². The largest absolute Gasteiger partial charge is 0.497 e. The topological polar surface area (TPSA) is 113 Å². The summed E-state index contributed by atoms with van der Waals surface area (Å²) in [5, 5.41) is 21.4. The van der Waals surface area contributed by atoms with Crippen LogP contribution in [-0.2, 0) is 20.8 Å². The zero-order valence-electron chi connectivity index (χ0n) is 13.2. The second-order valence-electron chi connectivity index (χ2n) is 4.79. The maximum absolute atomic E-state index is 12.1. The second-order valence-corrected chi connectivity index (χ2v) is 6.32. The summed E-state index contributed by atoms with van der Waals surface area (Å²) >= 11 is 0. The molecular weight excluding hydrogens is 342 g/mol. The van der Waals surface area contributed by atoms with Crippen LogP contribution in [0.4, 0.5) is 0 Å². The Hall–Kier alpha value is -3.36. The average molecular weight is 355 g/mol. The maximum Gasteiger partial charge on any atom is 0.358 e. The average Bonchev–Trinajstić information content (AvgIpc) is 2.63. The van der Waals surface area contributed by atoms with E-state index in [2.05, 4.69) is 9.44 Å². The van der Waals surface area contributed by atoms with Crippen LogP contribution in [0.1, 0.15) is 11.1 Å². The number of benzene rings is 2. The Morgan fingerprint density at radius 2 is 1.88 bits per heavy atom. The van der Waals surface area contributed by atoms with E-state index < -0.39 is 10.1 Å². The molecule has 2 aromatic carbocycles. The van der Waals surface area contributed by atoms with Gasteiger partial charge in [-0.3, -0.25) is 4.28 Å². The van der Waals surface area contributed by atoms with E-state index in [0.717, 1.165) is 0 Å². The Morgan fingerprint density at radius 1 is 1.16 bits per heavy atom. The number of nitriles is 2. The molecule has 0 aliphatic carbocycles. The van der Waals surface area contributed by atoms with E-state index in [-0.39, 0.29) is 17.0 Å². The molecule has 25 heavy (non-hydrogen) atoms. The maximum atomic E-state index is 12.1. The summed E-state index contributed by atoms with van der Waals surface area (Å²) in [6.07, 6.45) is 0.164. The molecule has 2 rings (SSSR count). The molecule has 0 bridgehead atoms. The summed E-state index contributed by atoms with van der Waals surface area (Å²) in [7, 11) is -2.70. The minimum absolute atomic E-state index is 0.118.